The molecular weight excluding hydrogens is 210 g/mol. The fourth-order valence-electron chi connectivity index (χ4n) is 1.12. The number of aromatic carboxylic acids is 1. The van der Waals surface area contributed by atoms with E-state index in [9.17, 15) is 9.59 Å². The first-order chi connectivity index (χ1) is 7.63. The summed E-state index contributed by atoms with van der Waals surface area (Å²) in [5.74, 6) is -0.891. The molecule has 0 fully saturated rings. The monoisotopic (exact) mass is 223 g/mol. The Morgan fingerprint density at radius 1 is 1.44 bits per heavy atom. The van der Waals surface area contributed by atoms with Gasteiger partial charge in [-0.05, 0) is 25.1 Å². The second-order valence-corrected chi connectivity index (χ2v) is 3.08. The SMILES string of the molecule is CCNC(=O)COc1cccc(C(=O)O)c1. The fraction of sp³-hybridized carbons (Fsp3) is 0.273. The lowest BCUT2D eigenvalue weighted by molar-refractivity contribution is -0.122. The predicted molar refractivity (Wildman–Crippen MR) is 57.6 cm³/mol. The van der Waals surface area contributed by atoms with Crippen LogP contribution in [0.25, 0.3) is 0 Å². The second kappa shape index (κ2) is 5.75. The van der Waals surface area contributed by atoms with Gasteiger partial charge in [0.15, 0.2) is 6.61 Å². The van der Waals surface area contributed by atoms with Crippen molar-refractivity contribution in [3.63, 3.8) is 0 Å². The van der Waals surface area contributed by atoms with Gasteiger partial charge in [0.1, 0.15) is 5.75 Å². The average Bonchev–Trinajstić information content (AvgIpc) is 2.27. The molecule has 0 saturated carbocycles. The van der Waals surface area contributed by atoms with E-state index in [0.717, 1.165) is 0 Å². The van der Waals surface area contributed by atoms with Gasteiger partial charge in [-0.3, -0.25) is 4.79 Å². The zero-order valence-corrected chi connectivity index (χ0v) is 8.90. The van der Waals surface area contributed by atoms with E-state index in [4.69, 9.17) is 9.84 Å². The van der Waals surface area contributed by atoms with Gasteiger partial charge in [0.05, 0.1) is 5.56 Å². The van der Waals surface area contributed by atoms with E-state index < -0.39 is 5.97 Å². The third kappa shape index (κ3) is 3.61. The number of carbonyl (C=O) groups is 2. The topological polar surface area (TPSA) is 75.6 Å². The molecule has 86 valence electrons. The molecule has 5 heteroatoms. The lowest BCUT2D eigenvalue weighted by Crippen LogP contribution is -2.28. The minimum Gasteiger partial charge on any atom is -0.484 e. The van der Waals surface area contributed by atoms with Gasteiger partial charge in [-0.25, -0.2) is 4.79 Å². The summed E-state index contributed by atoms with van der Waals surface area (Å²) in [7, 11) is 0. The standard InChI is InChI=1S/C11H13NO4/c1-2-12-10(13)7-16-9-5-3-4-8(6-9)11(14)15/h3-6H,2,7H2,1H3,(H,12,13)(H,14,15). The van der Waals surface area contributed by atoms with Crippen LogP contribution in [-0.2, 0) is 4.79 Å². The van der Waals surface area contributed by atoms with Gasteiger partial charge in [0, 0.05) is 6.54 Å². The van der Waals surface area contributed by atoms with Crippen molar-refractivity contribution >= 4 is 11.9 Å². The molecule has 0 atom stereocenters. The molecule has 1 aromatic rings. The lowest BCUT2D eigenvalue weighted by atomic mass is 10.2. The number of benzene rings is 1. The van der Waals surface area contributed by atoms with Crippen molar-refractivity contribution in [2.24, 2.45) is 0 Å². The molecule has 0 unspecified atom stereocenters. The number of nitrogens with one attached hydrogen (secondary N) is 1. The highest BCUT2D eigenvalue weighted by Crippen LogP contribution is 2.12. The van der Waals surface area contributed by atoms with Crippen LogP contribution in [0, 0.1) is 0 Å². The molecule has 1 aromatic carbocycles. The van der Waals surface area contributed by atoms with Crippen LogP contribution in [-0.4, -0.2) is 30.1 Å². The smallest absolute Gasteiger partial charge is 0.335 e. The van der Waals surface area contributed by atoms with E-state index >= 15 is 0 Å². The van der Waals surface area contributed by atoms with E-state index in [1.165, 1.54) is 12.1 Å². The van der Waals surface area contributed by atoms with Crippen LogP contribution >= 0.6 is 0 Å². The zero-order chi connectivity index (χ0) is 12.0. The molecule has 0 aliphatic carbocycles. The summed E-state index contributed by atoms with van der Waals surface area (Å²) in [4.78, 5) is 21.7. The van der Waals surface area contributed by atoms with Crippen molar-refractivity contribution in [3.05, 3.63) is 29.8 Å². The van der Waals surface area contributed by atoms with Gasteiger partial charge in [-0.15, -0.1) is 0 Å². The van der Waals surface area contributed by atoms with Gasteiger partial charge in [0.25, 0.3) is 5.91 Å². The van der Waals surface area contributed by atoms with Gasteiger partial charge in [-0.1, -0.05) is 6.07 Å². The number of amides is 1. The third-order valence-corrected chi connectivity index (χ3v) is 1.82. The molecular formula is C11H13NO4. The van der Waals surface area contributed by atoms with Crippen LogP contribution in [0.4, 0.5) is 0 Å². The Kier molecular flexibility index (Phi) is 4.32. The Morgan fingerprint density at radius 3 is 2.81 bits per heavy atom. The molecule has 5 nitrogen and oxygen atoms in total. The number of hydrogen-bond donors (Lipinski definition) is 2. The maximum absolute atomic E-state index is 11.1. The predicted octanol–water partition coefficient (Wildman–Crippen LogP) is 0.900. The van der Waals surface area contributed by atoms with Gasteiger partial charge >= 0.3 is 5.97 Å². The highest BCUT2D eigenvalue weighted by molar-refractivity contribution is 5.88. The first-order valence-electron chi connectivity index (χ1n) is 4.86. The van der Waals surface area contributed by atoms with E-state index in [1.807, 2.05) is 6.92 Å². The molecule has 0 radical (unpaired) electrons. The zero-order valence-electron chi connectivity index (χ0n) is 8.90. The van der Waals surface area contributed by atoms with Crippen LogP contribution < -0.4 is 10.1 Å². The van der Waals surface area contributed by atoms with E-state index in [-0.39, 0.29) is 18.1 Å². The summed E-state index contributed by atoms with van der Waals surface area (Å²) < 4.78 is 5.14. The summed E-state index contributed by atoms with van der Waals surface area (Å²) in [5, 5.41) is 11.3. The van der Waals surface area contributed by atoms with Crippen molar-refractivity contribution < 1.29 is 19.4 Å². The number of rotatable bonds is 5. The third-order valence-electron chi connectivity index (χ3n) is 1.82. The molecule has 0 aliphatic rings. The Bertz CT molecular complexity index is 389. The Morgan fingerprint density at radius 2 is 2.19 bits per heavy atom. The quantitative estimate of drug-likeness (QED) is 0.777. The first-order valence-corrected chi connectivity index (χ1v) is 4.86. The Balaban J connectivity index is 2.57. The normalized spacial score (nSPS) is 9.56. The summed E-state index contributed by atoms with van der Waals surface area (Å²) in [6.07, 6.45) is 0. The molecule has 1 amide bonds. The minimum absolute atomic E-state index is 0.114. The van der Waals surface area contributed by atoms with Gasteiger partial charge in [0.2, 0.25) is 0 Å². The van der Waals surface area contributed by atoms with E-state index in [1.54, 1.807) is 12.1 Å². The van der Waals surface area contributed by atoms with Crippen molar-refractivity contribution in [2.45, 2.75) is 6.92 Å². The van der Waals surface area contributed by atoms with Crippen LogP contribution in [0.2, 0.25) is 0 Å². The maximum atomic E-state index is 11.1. The number of ether oxygens (including phenoxy) is 1. The highest BCUT2D eigenvalue weighted by atomic mass is 16.5. The molecule has 0 bridgehead atoms. The first kappa shape index (κ1) is 12.0. The summed E-state index contributed by atoms with van der Waals surface area (Å²) in [6.45, 7) is 2.23. The number of hydrogen-bond acceptors (Lipinski definition) is 3. The van der Waals surface area contributed by atoms with Crippen molar-refractivity contribution in [2.75, 3.05) is 13.2 Å². The highest BCUT2D eigenvalue weighted by Gasteiger charge is 2.05. The Labute approximate surface area is 93.0 Å². The molecule has 16 heavy (non-hydrogen) atoms. The van der Waals surface area contributed by atoms with E-state index in [2.05, 4.69) is 5.32 Å². The van der Waals surface area contributed by atoms with Crippen molar-refractivity contribution in [1.29, 1.82) is 0 Å². The minimum atomic E-state index is -1.02. The molecule has 0 saturated heterocycles. The van der Waals surface area contributed by atoms with Gasteiger partial charge < -0.3 is 15.2 Å². The van der Waals surface area contributed by atoms with Crippen molar-refractivity contribution in [1.82, 2.24) is 5.32 Å². The Hall–Kier alpha value is -2.04. The molecule has 0 spiro atoms. The average molecular weight is 223 g/mol. The number of carbonyl (C=O) groups excluding carboxylic acids is 1. The van der Waals surface area contributed by atoms with Crippen LogP contribution in [0.5, 0.6) is 5.75 Å². The molecule has 0 aliphatic heterocycles. The van der Waals surface area contributed by atoms with Crippen LogP contribution in [0.15, 0.2) is 24.3 Å². The number of carboxylic acid groups (broad SMARTS) is 1. The molecule has 2 N–H and O–H groups in total. The second-order valence-electron chi connectivity index (χ2n) is 3.08. The molecule has 1 rings (SSSR count). The largest absolute Gasteiger partial charge is 0.484 e. The fourth-order valence-corrected chi connectivity index (χ4v) is 1.12. The maximum Gasteiger partial charge on any atom is 0.335 e. The number of carboxylic acids is 1. The summed E-state index contributed by atoms with van der Waals surface area (Å²) >= 11 is 0. The van der Waals surface area contributed by atoms with E-state index in [0.29, 0.717) is 12.3 Å². The summed E-state index contributed by atoms with van der Waals surface area (Å²) in [6, 6.07) is 6.01. The van der Waals surface area contributed by atoms with Crippen molar-refractivity contribution in [3.8, 4) is 5.75 Å². The lowest BCUT2D eigenvalue weighted by Gasteiger charge is -2.06. The van der Waals surface area contributed by atoms with Crippen LogP contribution in [0.3, 0.4) is 0 Å². The molecule has 0 heterocycles. The van der Waals surface area contributed by atoms with Gasteiger partial charge in [-0.2, -0.15) is 0 Å². The summed E-state index contributed by atoms with van der Waals surface area (Å²) in [5.41, 5.74) is 0.133. The molecule has 0 aromatic heterocycles. The number of likely N-dealkylation sites (N-methyl/N-ethyl adjacent to an activating group) is 1. The van der Waals surface area contributed by atoms with Crippen LogP contribution in [0.1, 0.15) is 17.3 Å².